The number of carbonyl (C=O) groups is 2. The van der Waals surface area contributed by atoms with E-state index in [0.717, 1.165) is 32.4 Å². The number of alkyl carbamates (subject to hydrolysis) is 1. The van der Waals surface area contributed by atoms with Gasteiger partial charge < -0.3 is 20.7 Å². The Labute approximate surface area is 239 Å². The van der Waals surface area contributed by atoms with Gasteiger partial charge in [0.05, 0.1) is 25.7 Å². The normalized spacial score (nSPS) is 11.2. The first-order valence-corrected chi connectivity index (χ1v) is 13.6. The monoisotopic (exact) mass is 581 g/mol. The summed E-state index contributed by atoms with van der Waals surface area (Å²) in [5.74, 6) is -0.587. The molecule has 10 nitrogen and oxygen atoms in total. The average Bonchev–Trinajstić information content (AvgIpc) is 3.31. The van der Waals surface area contributed by atoms with Crippen LogP contribution in [0.4, 0.5) is 21.9 Å². The Balaban J connectivity index is 1.49. The molecule has 3 aromatic carbocycles. The van der Waals surface area contributed by atoms with E-state index < -0.39 is 22.5 Å². The van der Waals surface area contributed by atoms with E-state index >= 15 is 0 Å². The number of aryl methyl sites for hydroxylation is 1. The summed E-state index contributed by atoms with van der Waals surface area (Å²) in [6, 6.07) is 15.9. The maximum atomic E-state index is 13.2. The van der Waals surface area contributed by atoms with Crippen LogP contribution in [0.2, 0.25) is 5.02 Å². The fourth-order valence-corrected chi connectivity index (χ4v) is 4.99. The topological polar surface area (TPSA) is 135 Å². The number of carbonyl (C=O) groups excluding carboxylic acids is 2. The number of aromatic nitrogens is 1. The molecule has 0 fully saturated rings. The molecule has 0 radical (unpaired) electrons. The van der Waals surface area contributed by atoms with Gasteiger partial charge in [-0.15, -0.1) is 11.3 Å². The molecule has 208 valence electrons. The molecule has 4 rings (SSSR count). The Morgan fingerprint density at radius 2 is 1.82 bits per heavy atom. The van der Waals surface area contributed by atoms with Crippen molar-refractivity contribution in [2.24, 2.45) is 0 Å². The van der Waals surface area contributed by atoms with Crippen molar-refractivity contribution in [1.29, 1.82) is 0 Å². The number of anilines is 2. The van der Waals surface area contributed by atoms with Gasteiger partial charge in [0.15, 0.2) is 0 Å². The zero-order valence-electron chi connectivity index (χ0n) is 22.3. The second-order valence-electron chi connectivity index (χ2n) is 9.93. The summed E-state index contributed by atoms with van der Waals surface area (Å²) in [5.41, 5.74) is 2.17. The third-order valence-corrected chi connectivity index (χ3v) is 7.06. The lowest BCUT2D eigenvalue weighted by Crippen LogP contribution is -2.35. The van der Waals surface area contributed by atoms with Crippen molar-refractivity contribution in [3.63, 3.8) is 0 Å². The van der Waals surface area contributed by atoms with Crippen LogP contribution in [0.5, 0.6) is 0 Å². The summed E-state index contributed by atoms with van der Waals surface area (Å²) in [6.07, 6.45) is -0.601. The van der Waals surface area contributed by atoms with Gasteiger partial charge in [-0.2, -0.15) is 0 Å². The number of rotatable bonds is 8. The molecule has 0 aliphatic heterocycles. The number of hydrogen-bond donors (Lipinski definition) is 3. The molecule has 3 N–H and O–H groups in total. The molecular formula is C28H28ClN5O5S. The molecule has 0 saturated heterocycles. The number of hydrogen-bond acceptors (Lipinski definition) is 8. The highest BCUT2D eigenvalue weighted by molar-refractivity contribution is 7.21. The summed E-state index contributed by atoms with van der Waals surface area (Å²) < 4.78 is 6.21. The number of fused-ring (bicyclic) bond motifs is 1. The van der Waals surface area contributed by atoms with E-state index in [9.17, 15) is 19.7 Å². The van der Waals surface area contributed by atoms with Gasteiger partial charge in [-0.3, -0.25) is 14.9 Å². The zero-order valence-corrected chi connectivity index (χ0v) is 23.9. The molecule has 0 bridgehead atoms. The minimum Gasteiger partial charge on any atom is -0.444 e. The summed E-state index contributed by atoms with van der Waals surface area (Å²) in [5, 5.41) is 20.9. The van der Waals surface area contributed by atoms with Gasteiger partial charge in [0.2, 0.25) is 0 Å². The van der Waals surface area contributed by atoms with Crippen LogP contribution in [0, 0.1) is 17.0 Å². The number of benzene rings is 3. The van der Waals surface area contributed by atoms with Crippen molar-refractivity contribution >= 4 is 62.2 Å². The van der Waals surface area contributed by atoms with Crippen molar-refractivity contribution in [2.75, 3.05) is 23.7 Å². The number of amides is 2. The smallest absolute Gasteiger partial charge is 0.407 e. The number of nitrogens with one attached hydrogen (secondary N) is 3. The number of halogens is 1. The van der Waals surface area contributed by atoms with Crippen LogP contribution in [-0.2, 0) is 4.74 Å². The van der Waals surface area contributed by atoms with Crippen molar-refractivity contribution < 1.29 is 19.2 Å². The molecule has 1 aromatic heterocycles. The lowest BCUT2D eigenvalue weighted by molar-refractivity contribution is -0.384. The van der Waals surface area contributed by atoms with E-state index in [1.165, 1.54) is 6.07 Å². The number of ether oxygens (including phenoxy) is 1. The highest BCUT2D eigenvalue weighted by Crippen LogP contribution is 2.34. The van der Waals surface area contributed by atoms with E-state index in [2.05, 4.69) is 20.9 Å². The van der Waals surface area contributed by atoms with Crippen LogP contribution in [-0.4, -0.2) is 40.6 Å². The molecule has 0 unspecified atom stereocenters. The van der Waals surface area contributed by atoms with Gasteiger partial charge in [-0.25, -0.2) is 9.78 Å². The fraction of sp³-hybridized carbons (Fsp3) is 0.250. The fourth-order valence-electron chi connectivity index (χ4n) is 3.78. The van der Waals surface area contributed by atoms with Crippen LogP contribution in [0.3, 0.4) is 0 Å². The summed E-state index contributed by atoms with van der Waals surface area (Å²) in [7, 11) is 0. The molecule has 0 spiro atoms. The first-order valence-electron chi connectivity index (χ1n) is 12.4. The second-order valence-corrected chi connectivity index (χ2v) is 11.4. The molecule has 4 aromatic rings. The van der Waals surface area contributed by atoms with Crippen LogP contribution >= 0.6 is 22.9 Å². The van der Waals surface area contributed by atoms with Crippen molar-refractivity contribution in [3.8, 4) is 10.6 Å². The molecule has 1 heterocycles. The zero-order chi connectivity index (χ0) is 29.0. The second kappa shape index (κ2) is 11.9. The van der Waals surface area contributed by atoms with Gasteiger partial charge in [0.1, 0.15) is 16.3 Å². The lowest BCUT2D eigenvalue weighted by Gasteiger charge is -2.19. The number of nitro groups is 1. The first kappa shape index (κ1) is 28.8. The van der Waals surface area contributed by atoms with Crippen molar-refractivity contribution in [3.05, 3.63) is 80.9 Å². The highest BCUT2D eigenvalue weighted by Gasteiger charge is 2.22. The first-order chi connectivity index (χ1) is 18.9. The standard InChI is InChI=1S/C28H28ClN5O5S/c1-16-9-10-17(26-33-20-7-5-6-8-24(20)40-26)13-21(16)32-25(35)18-14-23(34(37)38)22(15-19(18)29)30-11-12-31-27(36)39-28(2,3)4/h5-10,13-15,30H,11-12H2,1-4H3,(H,31,36)(H,32,35). The van der Waals surface area contributed by atoms with Crippen molar-refractivity contribution in [1.82, 2.24) is 10.3 Å². The average molecular weight is 582 g/mol. The van der Waals surface area contributed by atoms with Gasteiger partial charge in [0.25, 0.3) is 11.6 Å². The summed E-state index contributed by atoms with van der Waals surface area (Å²) in [6.45, 7) is 7.40. The van der Waals surface area contributed by atoms with E-state index in [0.29, 0.717) is 5.69 Å². The maximum Gasteiger partial charge on any atom is 0.407 e. The molecule has 0 atom stereocenters. The molecule has 40 heavy (non-hydrogen) atoms. The molecular weight excluding hydrogens is 554 g/mol. The van der Waals surface area contributed by atoms with E-state index in [1.807, 2.05) is 49.4 Å². The number of nitrogens with zero attached hydrogens (tertiary/aromatic N) is 2. The SMILES string of the molecule is Cc1ccc(-c2nc3ccccc3s2)cc1NC(=O)c1cc([N+](=O)[O-])c(NCCNC(=O)OC(C)(C)C)cc1Cl. The minimum atomic E-state index is -0.643. The molecule has 0 aliphatic rings. The molecule has 2 amide bonds. The Hall–Kier alpha value is -4.22. The van der Waals surface area contributed by atoms with Crippen molar-refractivity contribution in [2.45, 2.75) is 33.3 Å². The Kier molecular flexibility index (Phi) is 8.55. The predicted octanol–water partition coefficient (Wildman–Crippen LogP) is 7.02. The lowest BCUT2D eigenvalue weighted by atomic mass is 10.1. The third kappa shape index (κ3) is 7.04. The molecule has 0 aliphatic carbocycles. The van der Waals surface area contributed by atoms with Crippen LogP contribution in [0.15, 0.2) is 54.6 Å². The highest BCUT2D eigenvalue weighted by atomic mass is 35.5. The van der Waals surface area contributed by atoms with Gasteiger partial charge in [-0.1, -0.05) is 35.9 Å². The number of para-hydroxylation sites is 1. The van der Waals surface area contributed by atoms with E-state index in [4.69, 9.17) is 16.3 Å². The largest absolute Gasteiger partial charge is 0.444 e. The number of nitro benzene ring substituents is 1. The maximum absolute atomic E-state index is 13.2. The van der Waals surface area contributed by atoms with Gasteiger partial charge in [0, 0.05) is 30.4 Å². The van der Waals surface area contributed by atoms with Crippen LogP contribution in [0.25, 0.3) is 20.8 Å². The molecule has 0 saturated carbocycles. The minimum absolute atomic E-state index is 0.0330. The molecule has 12 heteroatoms. The van der Waals surface area contributed by atoms with Gasteiger partial charge >= 0.3 is 6.09 Å². The van der Waals surface area contributed by atoms with Crippen LogP contribution in [0.1, 0.15) is 36.7 Å². The third-order valence-electron chi connectivity index (χ3n) is 5.66. The quantitative estimate of drug-likeness (QED) is 0.115. The predicted molar refractivity (Wildman–Crippen MR) is 159 cm³/mol. The Bertz CT molecular complexity index is 1570. The number of thiazole rings is 1. The Morgan fingerprint density at radius 3 is 2.52 bits per heavy atom. The van der Waals surface area contributed by atoms with Gasteiger partial charge in [-0.05, 0) is 57.5 Å². The summed E-state index contributed by atoms with van der Waals surface area (Å²) >= 11 is 7.94. The van der Waals surface area contributed by atoms with E-state index in [-0.39, 0.29) is 35.1 Å². The van der Waals surface area contributed by atoms with Crippen LogP contribution < -0.4 is 16.0 Å². The Morgan fingerprint density at radius 1 is 1.07 bits per heavy atom. The van der Waals surface area contributed by atoms with E-state index in [1.54, 1.807) is 32.1 Å². The summed E-state index contributed by atoms with van der Waals surface area (Å²) in [4.78, 5) is 40.9.